The summed E-state index contributed by atoms with van der Waals surface area (Å²) in [6.07, 6.45) is 7.09. The van der Waals surface area contributed by atoms with Crippen LogP contribution in [0.1, 0.15) is 55.8 Å². The minimum Gasteiger partial charge on any atom is -0.355 e. The summed E-state index contributed by atoms with van der Waals surface area (Å²) in [6.45, 7) is 6.22. The number of unbranched alkanes of at least 4 members (excludes halogenated alkanes) is 1. The Morgan fingerprint density at radius 2 is 2.03 bits per heavy atom. The Morgan fingerprint density at radius 1 is 1.20 bits per heavy atom. The van der Waals surface area contributed by atoms with Gasteiger partial charge in [0, 0.05) is 42.6 Å². The van der Waals surface area contributed by atoms with E-state index >= 15 is 0 Å². The third-order valence-electron chi connectivity index (χ3n) is 6.35. The number of nitrogens with zero attached hydrogens (tertiary/aromatic N) is 5. The van der Waals surface area contributed by atoms with E-state index in [1.165, 1.54) is 19.3 Å². The molecule has 0 amide bonds. The number of aryl methyl sites for hydroxylation is 2. The molecule has 1 saturated heterocycles. The number of anilines is 3. The van der Waals surface area contributed by atoms with Gasteiger partial charge in [-0.05, 0) is 63.8 Å². The second-order valence-corrected chi connectivity index (χ2v) is 8.70. The molecule has 0 spiro atoms. The molecule has 1 aromatic heterocycles. The summed E-state index contributed by atoms with van der Waals surface area (Å²) < 4.78 is 0. The lowest BCUT2D eigenvalue weighted by atomic mass is 10.1. The fourth-order valence-electron chi connectivity index (χ4n) is 4.20. The molecule has 1 saturated carbocycles. The number of nitrogens with one attached hydrogen (secondary N) is 1. The van der Waals surface area contributed by atoms with Crippen molar-refractivity contribution >= 4 is 17.5 Å². The van der Waals surface area contributed by atoms with Crippen LogP contribution in [0.25, 0.3) is 0 Å². The number of likely N-dealkylation sites (N-methyl/N-ethyl adjacent to an activating group) is 1. The Balaban J connectivity index is 1.55. The molecule has 2 fully saturated rings. The largest absolute Gasteiger partial charge is 0.355 e. The molecule has 2 heterocycles. The van der Waals surface area contributed by atoms with Gasteiger partial charge in [0.25, 0.3) is 0 Å². The van der Waals surface area contributed by atoms with Crippen LogP contribution in [0.5, 0.6) is 0 Å². The number of hydrogen-bond donors (Lipinski definition) is 1. The summed E-state index contributed by atoms with van der Waals surface area (Å²) in [5, 5.41) is 12.7. The highest BCUT2D eigenvalue weighted by atomic mass is 15.3. The van der Waals surface area contributed by atoms with E-state index in [-0.39, 0.29) is 0 Å². The van der Waals surface area contributed by atoms with Crippen LogP contribution < -0.4 is 10.2 Å². The fraction of sp³-hybridized carbons (Fsp3) is 0.542. The highest BCUT2D eigenvalue weighted by molar-refractivity contribution is 5.59. The average molecular weight is 405 g/mol. The van der Waals surface area contributed by atoms with Crippen molar-refractivity contribution in [1.82, 2.24) is 14.9 Å². The van der Waals surface area contributed by atoms with Crippen molar-refractivity contribution in [1.29, 1.82) is 5.26 Å². The van der Waals surface area contributed by atoms with Gasteiger partial charge in [0.2, 0.25) is 5.95 Å². The van der Waals surface area contributed by atoms with Gasteiger partial charge >= 0.3 is 0 Å². The summed E-state index contributed by atoms with van der Waals surface area (Å²) in [6, 6.07) is 11.6. The van der Waals surface area contributed by atoms with Gasteiger partial charge in [-0.2, -0.15) is 10.2 Å². The second kappa shape index (κ2) is 9.01. The molecule has 1 aliphatic heterocycles. The van der Waals surface area contributed by atoms with E-state index in [0.29, 0.717) is 17.6 Å². The van der Waals surface area contributed by atoms with Gasteiger partial charge < -0.3 is 10.2 Å². The number of rotatable bonds is 8. The third kappa shape index (κ3) is 4.73. The highest BCUT2D eigenvalue weighted by Crippen LogP contribution is 2.31. The van der Waals surface area contributed by atoms with Crippen LogP contribution >= 0.6 is 0 Å². The first-order valence-electron chi connectivity index (χ1n) is 11.2. The lowest BCUT2D eigenvalue weighted by molar-refractivity contribution is 0.249. The lowest BCUT2D eigenvalue weighted by Gasteiger charge is -2.25. The van der Waals surface area contributed by atoms with Crippen molar-refractivity contribution in [2.24, 2.45) is 0 Å². The minimum atomic E-state index is 0.609. The Morgan fingerprint density at radius 3 is 2.77 bits per heavy atom. The Bertz CT molecular complexity index is 930. The van der Waals surface area contributed by atoms with Crippen LogP contribution in [0, 0.1) is 18.3 Å². The quantitative estimate of drug-likeness (QED) is 0.703. The van der Waals surface area contributed by atoms with E-state index < -0.39 is 0 Å². The van der Waals surface area contributed by atoms with E-state index in [1.54, 1.807) is 0 Å². The molecule has 2 aromatic rings. The fourth-order valence-corrected chi connectivity index (χ4v) is 4.20. The van der Waals surface area contributed by atoms with Crippen LogP contribution in [0.3, 0.4) is 0 Å². The smallest absolute Gasteiger partial charge is 0.229 e. The summed E-state index contributed by atoms with van der Waals surface area (Å²) in [5.41, 5.74) is 3.58. The number of hydrogen-bond acceptors (Lipinski definition) is 6. The van der Waals surface area contributed by atoms with Crippen LogP contribution in [-0.4, -0.2) is 47.1 Å². The van der Waals surface area contributed by atoms with Gasteiger partial charge in [0.1, 0.15) is 5.82 Å². The molecule has 6 nitrogen and oxygen atoms in total. The van der Waals surface area contributed by atoms with Gasteiger partial charge in [-0.15, -0.1) is 0 Å². The number of benzene rings is 1. The molecule has 4 rings (SSSR count). The molecule has 30 heavy (non-hydrogen) atoms. The first-order chi connectivity index (χ1) is 14.6. The SMILES string of the molecule is CCCCc1cc(N2CC[C@H](N(C)C3CC3)C2)nc(Nc2ccc(C)c(C#N)c2)n1. The summed E-state index contributed by atoms with van der Waals surface area (Å²) in [7, 11) is 2.27. The lowest BCUT2D eigenvalue weighted by Crippen LogP contribution is -2.36. The van der Waals surface area contributed by atoms with Gasteiger partial charge in [0.15, 0.2) is 0 Å². The van der Waals surface area contributed by atoms with E-state index in [4.69, 9.17) is 9.97 Å². The van der Waals surface area contributed by atoms with Crippen LogP contribution in [0.2, 0.25) is 0 Å². The number of nitriles is 1. The summed E-state index contributed by atoms with van der Waals surface area (Å²) >= 11 is 0. The van der Waals surface area contributed by atoms with Crippen molar-refractivity contribution in [2.75, 3.05) is 30.4 Å². The van der Waals surface area contributed by atoms with E-state index in [0.717, 1.165) is 61.2 Å². The topological polar surface area (TPSA) is 68.1 Å². The zero-order valence-corrected chi connectivity index (χ0v) is 18.4. The third-order valence-corrected chi connectivity index (χ3v) is 6.35. The van der Waals surface area contributed by atoms with Crippen molar-refractivity contribution in [3.8, 4) is 6.07 Å². The maximum absolute atomic E-state index is 9.33. The van der Waals surface area contributed by atoms with E-state index in [1.807, 2.05) is 25.1 Å². The molecule has 0 unspecified atom stereocenters. The molecule has 158 valence electrons. The predicted octanol–water partition coefficient (Wildman–Crippen LogP) is 4.42. The molecular weight excluding hydrogens is 372 g/mol. The molecule has 1 aliphatic carbocycles. The normalized spacial score (nSPS) is 18.6. The van der Waals surface area contributed by atoms with Crippen molar-refractivity contribution < 1.29 is 0 Å². The maximum atomic E-state index is 9.33. The predicted molar refractivity (Wildman–Crippen MR) is 121 cm³/mol. The standard InChI is InChI=1S/C24H32N6/c1-4-5-6-19-14-23(30-12-11-22(16-30)29(3)21-9-10-21)28-24(26-19)27-20-8-7-17(2)18(13-20)15-25/h7-8,13-14,21-22H,4-6,9-12,16H2,1-3H3,(H,26,27,28)/t22-/m0/s1. The van der Waals surface area contributed by atoms with Gasteiger partial charge in [0.05, 0.1) is 11.6 Å². The van der Waals surface area contributed by atoms with E-state index in [2.05, 4.69) is 41.2 Å². The van der Waals surface area contributed by atoms with Gasteiger partial charge in [-0.1, -0.05) is 19.4 Å². The first-order valence-corrected chi connectivity index (χ1v) is 11.2. The van der Waals surface area contributed by atoms with Crippen molar-refractivity contribution in [3.05, 3.63) is 41.1 Å². The Hall–Kier alpha value is -2.65. The molecule has 1 atom stereocenters. The Kier molecular flexibility index (Phi) is 6.19. The van der Waals surface area contributed by atoms with Crippen molar-refractivity contribution in [3.63, 3.8) is 0 Å². The molecule has 0 bridgehead atoms. The summed E-state index contributed by atoms with van der Waals surface area (Å²) in [4.78, 5) is 14.6. The van der Waals surface area contributed by atoms with Gasteiger partial charge in [-0.25, -0.2) is 4.98 Å². The van der Waals surface area contributed by atoms with Crippen LogP contribution in [0.4, 0.5) is 17.5 Å². The Labute approximate surface area is 179 Å². The van der Waals surface area contributed by atoms with Gasteiger partial charge in [-0.3, -0.25) is 4.90 Å². The minimum absolute atomic E-state index is 0.609. The monoisotopic (exact) mass is 404 g/mol. The summed E-state index contributed by atoms with van der Waals surface area (Å²) in [5.74, 6) is 1.63. The zero-order chi connectivity index (χ0) is 21.1. The molecule has 1 N–H and O–H groups in total. The average Bonchev–Trinajstić information content (AvgIpc) is 3.49. The second-order valence-electron chi connectivity index (χ2n) is 8.70. The first kappa shape index (κ1) is 20.6. The van der Waals surface area contributed by atoms with Crippen LogP contribution in [-0.2, 0) is 6.42 Å². The zero-order valence-electron chi connectivity index (χ0n) is 18.4. The molecular formula is C24H32N6. The van der Waals surface area contributed by atoms with Crippen molar-refractivity contribution in [2.45, 2.75) is 64.5 Å². The van der Waals surface area contributed by atoms with E-state index in [9.17, 15) is 5.26 Å². The molecule has 1 aromatic carbocycles. The highest BCUT2D eigenvalue weighted by Gasteiger charge is 2.35. The molecule has 0 radical (unpaired) electrons. The molecule has 6 heteroatoms. The number of aromatic nitrogens is 2. The van der Waals surface area contributed by atoms with Crippen LogP contribution in [0.15, 0.2) is 24.3 Å². The maximum Gasteiger partial charge on any atom is 0.229 e. The molecule has 2 aliphatic rings.